The minimum absolute atomic E-state index is 0. The lowest BCUT2D eigenvalue weighted by atomic mass is 10.1. The van der Waals surface area contributed by atoms with Crippen LogP contribution in [0.4, 0.5) is 0 Å². The first-order valence-corrected chi connectivity index (χ1v) is 10.0. The van der Waals surface area contributed by atoms with Crippen LogP contribution in [0.5, 0.6) is 0 Å². The van der Waals surface area contributed by atoms with Crippen molar-refractivity contribution in [1.82, 2.24) is 20.6 Å². The van der Waals surface area contributed by atoms with Crippen molar-refractivity contribution < 1.29 is 0 Å². The zero-order valence-corrected chi connectivity index (χ0v) is 19.1. The van der Waals surface area contributed by atoms with Gasteiger partial charge in [0.1, 0.15) is 0 Å². The number of benzene rings is 1. The van der Waals surface area contributed by atoms with Gasteiger partial charge in [0.25, 0.3) is 0 Å². The van der Waals surface area contributed by atoms with Crippen molar-refractivity contribution in [3.63, 3.8) is 0 Å². The van der Waals surface area contributed by atoms with Crippen molar-refractivity contribution in [2.45, 2.75) is 32.6 Å². The van der Waals surface area contributed by atoms with Gasteiger partial charge in [0.05, 0.1) is 5.01 Å². The number of para-hydroxylation sites is 1. The highest BCUT2D eigenvalue weighted by Gasteiger charge is 2.04. The number of aliphatic imine (C=N–C) groups is 1. The summed E-state index contributed by atoms with van der Waals surface area (Å²) in [6.45, 7) is 3.84. The van der Waals surface area contributed by atoms with E-state index in [1.165, 1.54) is 21.5 Å². The maximum absolute atomic E-state index is 4.51. The van der Waals surface area contributed by atoms with Crippen molar-refractivity contribution in [3.05, 3.63) is 52.1 Å². The number of unbranched alkanes of at least 4 members (excludes halogenated alkanes) is 1. The van der Waals surface area contributed by atoms with Crippen molar-refractivity contribution in [2.24, 2.45) is 4.99 Å². The molecule has 0 aliphatic rings. The summed E-state index contributed by atoms with van der Waals surface area (Å²) in [6, 6.07) is 8.42. The molecule has 3 aromatic rings. The van der Waals surface area contributed by atoms with Gasteiger partial charge in [0.2, 0.25) is 0 Å². The number of rotatable bonds is 8. The van der Waals surface area contributed by atoms with E-state index in [2.05, 4.69) is 61.4 Å². The second-order valence-electron chi connectivity index (χ2n) is 6.37. The van der Waals surface area contributed by atoms with E-state index in [0.29, 0.717) is 0 Å². The van der Waals surface area contributed by atoms with Crippen LogP contribution < -0.4 is 10.6 Å². The molecule has 0 radical (unpaired) electrons. The van der Waals surface area contributed by atoms with Crippen molar-refractivity contribution in [3.8, 4) is 0 Å². The third kappa shape index (κ3) is 6.49. The number of thiazole rings is 1. The number of aromatic amines is 1. The first kappa shape index (κ1) is 21.7. The smallest absolute Gasteiger partial charge is 0.190 e. The topological polar surface area (TPSA) is 65.1 Å². The van der Waals surface area contributed by atoms with Crippen molar-refractivity contribution >= 4 is 52.2 Å². The van der Waals surface area contributed by atoms with E-state index in [1.54, 1.807) is 11.3 Å². The second-order valence-corrected chi connectivity index (χ2v) is 7.32. The van der Waals surface area contributed by atoms with Crippen LogP contribution in [0.1, 0.15) is 29.1 Å². The number of hydrogen-bond donors (Lipinski definition) is 3. The Morgan fingerprint density at radius 2 is 1.96 bits per heavy atom. The standard InChI is InChI=1S/C20H27N5S.HI/c1-15-14-26-19(25-15)9-5-6-11-22-20(21-2)23-12-10-16-13-24-18-8-4-3-7-17(16)18;/h3-4,7-8,13-14,24H,5-6,9-12H2,1-2H3,(H2,21,22,23);1H. The highest BCUT2D eigenvalue weighted by molar-refractivity contribution is 14.0. The third-order valence-corrected chi connectivity index (χ3v) is 5.39. The SMILES string of the molecule is CN=C(NCCCCc1nc(C)cs1)NCCc1c[nH]c2ccccc12.I. The quantitative estimate of drug-likeness (QED) is 0.188. The molecule has 0 aliphatic heterocycles. The number of hydrogen-bond acceptors (Lipinski definition) is 3. The van der Waals surface area contributed by atoms with Gasteiger partial charge in [-0.1, -0.05) is 18.2 Å². The summed E-state index contributed by atoms with van der Waals surface area (Å²) in [6.07, 6.45) is 6.39. The molecule has 27 heavy (non-hydrogen) atoms. The number of H-pyrrole nitrogens is 1. The van der Waals surface area contributed by atoms with E-state index in [0.717, 1.165) is 50.4 Å². The summed E-state index contributed by atoms with van der Waals surface area (Å²) in [5, 5.41) is 11.4. The maximum Gasteiger partial charge on any atom is 0.190 e. The average Bonchev–Trinajstić information content (AvgIpc) is 3.26. The molecule has 0 aliphatic carbocycles. The van der Waals surface area contributed by atoms with E-state index in [-0.39, 0.29) is 24.0 Å². The summed E-state index contributed by atoms with van der Waals surface area (Å²) < 4.78 is 0. The molecule has 0 unspecified atom stereocenters. The fraction of sp³-hybridized carbons (Fsp3) is 0.400. The number of guanidine groups is 1. The van der Waals surface area contributed by atoms with E-state index in [1.807, 2.05) is 14.0 Å². The van der Waals surface area contributed by atoms with Gasteiger partial charge in [-0.2, -0.15) is 0 Å². The van der Waals surface area contributed by atoms with E-state index in [9.17, 15) is 0 Å². The van der Waals surface area contributed by atoms with Crippen LogP contribution in [0.25, 0.3) is 10.9 Å². The first-order valence-electron chi connectivity index (χ1n) is 9.17. The van der Waals surface area contributed by atoms with Crippen LogP contribution in [0.2, 0.25) is 0 Å². The molecular weight excluding hydrogens is 469 g/mol. The van der Waals surface area contributed by atoms with Gasteiger partial charge < -0.3 is 15.6 Å². The van der Waals surface area contributed by atoms with E-state index in [4.69, 9.17) is 0 Å². The Balaban J connectivity index is 0.00000261. The molecule has 7 heteroatoms. The Kier molecular flexibility index (Phi) is 9.06. The van der Waals surface area contributed by atoms with Crippen molar-refractivity contribution in [2.75, 3.05) is 20.1 Å². The fourth-order valence-electron chi connectivity index (χ4n) is 3.00. The molecule has 0 saturated heterocycles. The second kappa shape index (κ2) is 11.3. The van der Waals surface area contributed by atoms with E-state index >= 15 is 0 Å². The minimum atomic E-state index is 0. The molecule has 3 N–H and O–H groups in total. The van der Waals surface area contributed by atoms with Crippen LogP contribution in [-0.2, 0) is 12.8 Å². The predicted octanol–water partition coefficient (Wildman–Crippen LogP) is 4.28. The average molecular weight is 497 g/mol. The summed E-state index contributed by atoms with van der Waals surface area (Å²) in [4.78, 5) is 12.1. The first-order chi connectivity index (χ1) is 12.8. The molecule has 0 fully saturated rings. The van der Waals surface area contributed by atoms with Crippen LogP contribution in [0.3, 0.4) is 0 Å². The fourth-order valence-corrected chi connectivity index (χ4v) is 3.82. The lowest BCUT2D eigenvalue weighted by molar-refractivity contribution is 0.691. The summed E-state index contributed by atoms with van der Waals surface area (Å²) >= 11 is 1.76. The Hall–Kier alpha value is -1.61. The minimum Gasteiger partial charge on any atom is -0.361 e. The van der Waals surface area contributed by atoms with Gasteiger partial charge in [-0.15, -0.1) is 35.3 Å². The highest BCUT2D eigenvalue weighted by atomic mass is 127. The molecule has 0 bridgehead atoms. The van der Waals surface area contributed by atoms with Crippen LogP contribution in [0, 0.1) is 6.92 Å². The predicted molar refractivity (Wildman–Crippen MR) is 127 cm³/mol. The Labute approximate surface area is 182 Å². The van der Waals surface area contributed by atoms with Gasteiger partial charge in [0, 0.05) is 48.3 Å². The number of fused-ring (bicyclic) bond motifs is 1. The van der Waals surface area contributed by atoms with E-state index < -0.39 is 0 Å². The molecule has 0 spiro atoms. The highest BCUT2D eigenvalue weighted by Crippen LogP contribution is 2.17. The van der Waals surface area contributed by atoms with Crippen molar-refractivity contribution in [1.29, 1.82) is 0 Å². The molecule has 0 atom stereocenters. The number of nitrogens with one attached hydrogen (secondary N) is 3. The lowest BCUT2D eigenvalue weighted by Gasteiger charge is -2.11. The molecule has 1 aromatic carbocycles. The summed E-state index contributed by atoms with van der Waals surface area (Å²) in [7, 11) is 1.82. The largest absolute Gasteiger partial charge is 0.361 e. The number of nitrogens with zero attached hydrogens (tertiary/aromatic N) is 2. The molecule has 2 heterocycles. The summed E-state index contributed by atoms with van der Waals surface area (Å²) in [5.74, 6) is 0.870. The van der Waals surface area contributed by atoms with Gasteiger partial charge in [-0.25, -0.2) is 4.98 Å². The van der Waals surface area contributed by atoms with Gasteiger partial charge in [-0.05, 0) is 44.2 Å². The number of aromatic nitrogens is 2. The number of aryl methyl sites for hydroxylation is 2. The lowest BCUT2D eigenvalue weighted by Crippen LogP contribution is -2.38. The van der Waals surface area contributed by atoms with Crippen LogP contribution in [-0.4, -0.2) is 36.1 Å². The molecule has 5 nitrogen and oxygen atoms in total. The zero-order valence-electron chi connectivity index (χ0n) is 15.9. The van der Waals surface area contributed by atoms with Crippen LogP contribution in [0.15, 0.2) is 40.8 Å². The van der Waals surface area contributed by atoms with Gasteiger partial charge in [-0.3, -0.25) is 4.99 Å². The molecule has 0 saturated carbocycles. The zero-order chi connectivity index (χ0) is 18.2. The molecular formula is C20H28IN5S. The van der Waals surface area contributed by atoms with Gasteiger partial charge in [0.15, 0.2) is 5.96 Å². The normalized spacial score (nSPS) is 11.4. The molecule has 0 amide bonds. The Morgan fingerprint density at radius 1 is 1.15 bits per heavy atom. The number of halogens is 1. The summed E-state index contributed by atoms with van der Waals surface area (Å²) in [5.41, 5.74) is 3.66. The monoisotopic (exact) mass is 497 g/mol. The molecule has 3 rings (SSSR count). The third-order valence-electron chi connectivity index (χ3n) is 4.36. The molecule has 2 aromatic heterocycles. The maximum atomic E-state index is 4.51. The van der Waals surface area contributed by atoms with Gasteiger partial charge >= 0.3 is 0 Å². The Bertz CT molecular complexity index is 855. The Morgan fingerprint density at radius 3 is 2.74 bits per heavy atom. The molecule has 146 valence electrons. The van der Waals surface area contributed by atoms with Crippen LogP contribution >= 0.6 is 35.3 Å².